The van der Waals surface area contributed by atoms with Crippen LogP contribution in [0.2, 0.25) is 0 Å². The number of anilines is 3. The van der Waals surface area contributed by atoms with Crippen molar-refractivity contribution in [1.82, 2.24) is 19.2 Å². The first-order chi connectivity index (χ1) is 21.4. The van der Waals surface area contributed by atoms with Gasteiger partial charge in [0.05, 0.1) is 36.4 Å². The van der Waals surface area contributed by atoms with Crippen LogP contribution in [0.4, 0.5) is 30.5 Å². The number of benzene rings is 2. The lowest BCUT2D eigenvalue weighted by Crippen LogP contribution is -2.47. The normalized spacial score (nSPS) is 20.8. The van der Waals surface area contributed by atoms with Crippen LogP contribution >= 0.6 is 0 Å². The van der Waals surface area contributed by atoms with Gasteiger partial charge in [-0.1, -0.05) is 24.3 Å². The highest BCUT2D eigenvalue weighted by molar-refractivity contribution is 7.88. The summed E-state index contributed by atoms with van der Waals surface area (Å²) in [5.41, 5.74) is 2.13. The Morgan fingerprint density at radius 2 is 1.82 bits per heavy atom. The third kappa shape index (κ3) is 7.05. The Morgan fingerprint density at radius 3 is 2.49 bits per heavy atom. The summed E-state index contributed by atoms with van der Waals surface area (Å²) in [5.74, 6) is 0.935. The number of sulfonamides is 1. The largest absolute Gasteiger partial charge is 0.494 e. The molecule has 0 unspecified atom stereocenters. The number of nitrogens with one attached hydrogen (secondary N) is 1. The van der Waals surface area contributed by atoms with Crippen molar-refractivity contribution in [3.8, 4) is 5.75 Å². The second-order valence-corrected chi connectivity index (χ2v) is 14.4. The van der Waals surface area contributed by atoms with Gasteiger partial charge in [-0.2, -0.15) is 17.5 Å². The first-order valence-electron chi connectivity index (χ1n) is 15.3. The quantitative estimate of drug-likeness (QED) is 0.325. The molecule has 2 fully saturated rings. The Balaban J connectivity index is 1.24. The molecule has 1 saturated heterocycles. The molecule has 1 aromatic heterocycles. The molecule has 0 amide bonds. The van der Waals surface area contributed by atoms with Gasteiger partial charge in [-0.05, 0) is 60.8 Å². The number of hydrogen-bond acceptors (Lipinski definition) is 8. The van der Waals surface area contributed by atoms with Gasteiger partial charge in [-0.3, -0.25) is 4.90 Å². The van der Waals surface area contributed by atoms with Crippen LogP contribution in [-0.4, -0.2) is 80.7 Å². The van der Waals surface area contributed by atoms with Gasteiger partial charge < -0.3 is 15.0 Å². The molecule has 6 rings (SSSR count). The number of aromatic nitrogens is 2. The van der Waals surface area contributed by atoms with Crippen molar-refractivity contribution in [2.45, 2.75) is 37.9 Å². The Labute approximate surface area is 262 Å². The summed E-state index contributed by atoms with van der Waals surface area (Å²) in [6, 6.07) is 12.5. The van der Waals surface area contributed by atoms with Gasteiger partial charge in [0.2, 0.25) is 16.0 Å². The van der Waals surface area contributed by atoms with Crippen molar-refractivity contribution in [3.05, 3.63) is 71.0 Å². The Hall–Kier alpha value is -3.42. The summed E-state index contributed by atoms with van der Waals surface area (Å²) in [6.07, 6.45) is 0.233. The molecule has 45 heavy (non-hydrogen) atoms. The average molecular weight is 645 g/mol. The van der Waals surface area contributed by atoms with Gasteiger partial charge in [0.1, 0.15) is 5.75 Å². The van der Waals surface area contributed by atoms with Crippen molar-refractivity contribution < 1.29 is 26.3 Å². The van der Waals surface area contributed by atoms with E-state index < -0.39 is 33.7 Å². The summed E-state index contributed by atoms with van der Waals surface area (Å²) < 4.78 is 74.5. The van der Waals surface area contributed by atoms with Crippen LogP contribution in [0.3, 0.4) is 0 Å². The number of alkyl halides is 3. The molecule has 0 bridgehead atoms. The predicted molar refractivity (Wildman–Crippen MR) is 167 cm³/mol. The molecular formula is C32H39F3N6O3S. The number of fused-ring (bicyclic) bond motifs is 1. The molecular weight excluding hydrogens is 605 g/mol. The molecule has 1 aliphatic heterocycles. The van der Waals surface area contributed by atoms with E-state index >= 15 is 0 Å². The van der Waals surface area contributed by atoms with Crippen LogP contribution in [0.25, 0.3) is 0 Å². The van der Waals surface area contributed by atoms with Gasteiger partial charge >= 0.3 is 6.18 Å². The zero-order valence-electron chi connectivity index (χ0n) is 25.7. The fraction of sp³-hybridized carbons (Fsp3) is 0.500. The zero-order chi connectivity index (χ0) is 31.9. The second-order valence-electron chi connectivity index (χ2n) is 12.4. The van der Waals surface area contributed by atoms with E-state index in [1.54, 1.807) is 7.11 Å². The van der Waals surface area contributed by atoms with Crippen LogP contribution in [-0.2, 0) is 29.0 Å². The number of rotatable bonds is 10. The maximum atomic E-state index is 14.2. The number of halogens is 3. The molecule has 13 heteroatoms. The van der Waals surface area contributed by atoms with Crippen molar-refractivity contribution in [3.63, 3.8) is 0 Å². The van der Waals surface area contributed by atoms with E-state index in [2.05, 4.69) is 25.1 Å². The lowest BCUT2D eigenvalue weighted by molar-refractivity contribution is -0.138. The highest BCUT2D eigenvalue weighted by Gasteiger charge is 2.41. The fourth-order valence-corrected chi connectivity index (χ4v) is 7.31. The summed E-state index contributed by atoms with van der Waals surface area (Å²) in [4.78, 5) is 13.2. The van der Waals surface area contributed by atoms with Crippen LogP contribution < -0.4 is 15.0 Å². The van der Waals surface area contributed by atoms with E-state index in [9.17, 15) is 21.6 Å². The molecule has 0 spiro atoms. The van der Waals surface area contributed by atoms with Gasteiger partial charge in [0, 0.05) is 57.7 Å². The first kappa shape index (κ1) is 31.6. The standard InChI is InChI=1S/C32H39F3N6O3S/c1-39(45(3,42)43)30-23(16-22-6-4-5-7-25(22)30)17-28-26(32(33,34)35)19-36-31(38-28)37-27-11-10-24(18-29(27)44-2)41-14-12-40(13-15-41)20-21-8-9-21/h4-7,10-11,18-19,21,23,30H,8-9,12-17,20H2,1-3H3,(H,36,37,38)/t23-,30-/m0/s1. The molecule has 242 valence electrons. The number of nitrogens with zero attached hydrogens (tertiary/aromatic N) is 5. The summed E-state index contributed by atoms with van der Waals surface area (Å²) in [6.45, 7) is 5.02. The summed E-state index contributed by atoms with van der Waals surface area (Å²) in [5, 5.41) is 3.06. The second kappa shape index (κ2) is 12.4. The van der Waals surface area contributed by atoms with Crippen molar-refractivity contribution >= 4 is 27.3 Å². The maximum absolute atomic E-state index is 14.2. The highest BCUT2D eigenvalue weighted by atomic mass is 32.2. The van der Waals surface area contributed by atoms with Crippen LogP contribution in [0.1, 0.15) is 41.3 Å². The molecule has 2 heterocycles. The van der Waals surface area contributed by atoms with Crippen LogP contribution in [0, 0.1) is 11.8 Å². The van der Waals surface area contributed by atoms with Gasteiger partial charge in [-0.15, -0.1) is 0 Å². The third-order valence-corrected chi connectivity index (χ3v) is 10.5. The van der Waals surface area contributed by atoms with Crippen molar-refractivity contribution in [1.29, 1.82) is 0 Å². The van der Waals surface area contributed by atoms with Crippen molar-refractivity contribution in [2.75, 3.05) is 63.4 Å². The molecule has 9 nitrogen and oxygen atoms in total. The molecule has 1 N–H and O–H groups in total. The number of hydrogen-bond donors (Lipinski definition) is 1. The fourth-order valence-electron chi connectivity index (χ4n) is 6.61. The molecule has 2 aromatic carbocycles. The SMILES string of the molecule is COc1cc(N2CCN(CC3CC3)CC2)ccc1Nc1ncc(C(F)(F)F)c(C[C@@H]2Cc3ccccc3[C@H]2N(C)S(C)(=O)=O)n1. The highest BCUT2D eigenvalue weighted by Crippen LogP contribution is 2.44. The smallest absolute Gasteiger partial charge is 0.419 e. The van der Waals surface area contributed by atoms with E-state index in [1.807, 2.05) is 42.5 Å². The van der Waals surface area contributed by atoms with Gasteiger partial charge in [0.25, 0.3) is 0 Å². The molecule has 1 saturated carbocycles. The van der Waals surface area contributed by atoms with Crippen LogP contribution in [0.5, 0.6) is 5.75 Å². The van der Waals surface area contributed by atoms with Gasteiger partial charge in [0.15, 0.2) is 0 Å². The molecule has 0 radical (unpaired) electrons. The predicted octanol–water partition coefficient (Wildman–Crippen LogP) is 5.13. The average Bonchev–Trinajstić information content (AvgIpc) is 3.74. The monoisotopic (exact) mass is 644 g/mol. The van der Waals surface area contributed by atoms with Crippen molar-refractivity contribution in [2.24, 2.45) is 11.8 Å². The Morgan fingerprint density at radius 1 is 1.09 bits per heavy atom. The molecule has 2 atom stereocenters. The topological polar surface area (TPSA) is 90.9 Å². The number of methoxy groups -OCH3 is 1. The van der Waals surface area contributed by atoms with E-state index in [-0.39, 0.29) is 18.1 Å². The molecule has 2 aliphatic carbocycles. The third-order valence-electron chi connectivity index (χ3n) is 9.23. The number of piperazine rings is 1. The molecule has 3 aromatic rings. The minimum absolute atomic E-state index is 0.00118. The van der Waals surface area contributed by atoms with E-state index in [0.717, 1.165) is 61.4 Å². The van der Waals surface area contributed by atoms with Crippen LogP contribution in [0.15, 0.2) is 48.7 Å². The van der Waals surface area contributed by atoms with Gasteiger partial charge in [-0.25, -0.2) is 18.4 Å². The van der Waals surface area contributed by atoms with E-state index in [1.165, 1.54) is 30.7 Å². The maximum Gasteiger partial charge on any atom is 0.419 e. The zero-order valence-corrected chi connectivity index (χ0v) is 26.5. The minimum Gasteiger partial charge on any atom is -0.494 e. The summed E-state index contributed by atoms with van der Waals surface area (Å²) >= 11 is 0. The van der Waals surface area contributed by atoms with E-state index in [0.29, 0.717) is 17.9 Å². The van der Waals surface area contributed by atoms with E-state index in [4.69, 9.17) is 4.74 Å². The summed E-state index contributed by atoms with van der Waals surface area (Å²) in [7, 11) is -0.602. The minimum atomic E-state index is -4.68. The number of ether oxygens (including phenoxy) is 1. The lowest BCUT2D eigenvalue weighted by Gasteiger charge is -2.36. The Kier molecular flexibility index (Phi) is 8.70. The Bertz CT molecular complexity index is 1640. The lowest BCUT2D eigenvalue weighted by atomic mass is 9.93. The molecule has 3 aliphatic rings. The first-order valence-corrected chi connectivity index (χ1v) is 17.1.